The van der Waals surface area contributed by atoms with Gasteiger partial charge in [0.15, 0.2) is 0 Å². The zero-order valence-electron chi connectivity index (χ0n) is 11.3. The lowest BCUT2D eigenvalue weighted by Crippen LogP contribution is -2.27. The van der Waals surface area contributed by atoms with Gasteiger partial charge in [-0.15, -0.1) is 0 Å². The van der Waals surface area contributed by atoms with Gasteiger partial charge in [0, 0.05) is 13.1 Å². The monoisotopic (exact) mass is 273 g/mol. The van der Waals surface area contributed by atoms with Gasteiger partial charge in [-0.25, -0.2) is 9.07 Å². The van der Waals surface area contributed by atoms with Gasteiger partial charge >= 0.3 is 0 Å². The van der Waals surface area contributed by atoms with Gasteiger partial charge in [0.05, 0.1) is 23.1 Å². The quantitative estimate of drug-likeness (QED) is 0.843. The van der Waals surface area contributed by atoms with Crippen LogP contribution in [0, 0.1) is 12.7 Å². The fourth-order valence-electron chi connectivity index (χ4n) is 2.58. The van der Waals surface area contributed by atoms with Crippen LogP contribution in [0.15, 0.2) is 30.5 Å². The second-order valence-corrected chi connectivity index (χ2v) is 5.03. The number of amides is 1. The number of carbonyl (C=O) groups excluding carboxylic acids is 1. The molecule has 0 atom stereocenters. The van der Waals surface area contributed by atoms with Gasteiger partial charge in [-0.2, -0.15) is 5.10 Å². The van der Waals surface area contributed by atoms with E-state index >= 15 is 0 Å². The minimum absolute atomic E-state index is 0.0163. The van der Waals surface area contributed by atoms with Gasteiger partial charge < -0.3 is 4.90 Å². The molecule has 1 aromatic carbocycles. The van der Waals surface area contributed by atoms with Crippen molar-refractivity contribution in [3.63, 3.8) is 0 Å². The topological polar surface area (TPSA) is 38.1 Å². The third kappa shape index (κ3) is 2.19. The molecule has 2 heterocycles. The van der Waals surface area contributed by atoms with Crippen molar-refractivity contribution < 1.29 is 9.18 Å². The number of rotatable bonds is 2. The summed E-state index contributed by atoms with van der Waals surface area (Å²) in [7, 11) is 0. The van der Waals surface area contributed by atoms with Crippen LogP contribution in [0.25, 0.3) is 5.69 Å². The number of carbonyl (C=O) groups is 1. The Labute approximate surface area is 116 Å². The van der Waals surface area contributed by atoms with Gasteiger partial charge in [-0.1, -0.05) is 6.07 Å². The molecule has 4 nitrogen and oxygen atoms in total. The summed E-state index contributed by atoms with van der Waals surface area (Å²) in [6.45, 7) is 3.45. The number of aromatic nitrogens is 2. The SMILES string of the molecule is Cc1c(C(=O)N2CCCC2)cnn1-c1cccc(F)c1. The molecule has 1 fully saturated rings. The second kappa shape index (κ2) is 5.07. The first kappa shape index (κ1) is 12.8. The van der Waals surface area contributed by atoms with Crippen molar-refractivity contribution in [2.75, 3.05) is 13.1 Å². The van der Waals surface area contributed by atoms with Crippen molar-refractivity contribution in [2.45, 2.75) is 19.8 Å². The zero-order valence-corrected chi connectivity index (χ0v) is 11.3. The Morgan fingerprint density at radius 1 is 1.30 bits per heavy atom. The fourth-order valence-corrected chi connectivity index (χ4v) is 2.58. The average Bonchev–Trinajstić information content (AvgIpc) is 3.07. The summed E-state index contributed by atoms with van der Waals surface area (Å²) in [5.74, 6) is -0.299. The average molecular weight is 273 g/mol. The molecule has 1 saturated heterocycles. The molecule has 0 unspecified atom stereocenters. The molecule has 1 aliphatic heterocycles. The minimum atomic E-state index is -0.315. The molecule has 1 aliphatic rings. The van der Waals surface area contributed by atoms with Gasteiger partial charge in [-0.05, 0) is 38.0 Å². The van der Waals surface area contributed by atoms with Gasteiger partial charge in [0.1, 0.15) is 5.82 Å². The molecule has 0 aliphatic carbocycles. The Balaban J connectivity index is 1.94. The van der Waals surface area contributed by atoms with E-state index in [4.69, 9.17) is 0 Å². The molecule has 5 heteroatoms. The van der Waals surface area contributed by atoms with Crippen molar-refractivity contribution in [1.82, 2.24) is 14.7 Å². The summed E-state index contributed by atoms with van der Waals surface area (Å²) in [6.07, 6.45) is 3.69. The predicted molar refractivity (Wildman–Crippen MR) is 73.4 cm³/mol. The molecule has 20 heavy (non-hydrogen) atoms. The largest absolute Gasteiger partial charge is 0.339 e. The molecule has 1 amide bonds. The first-order valence-corrected chi connectivity index (χ1v) is 6.76. The molecule has 1 aromatic heterocycles. The molecule has 2 aromatic rings. The molecule has 0 radical (unpaired) electrons. The Morgan fingerprint density at radius 2 is 2.05 bits per heavy atom. The molecule has 0 N–H and O–H groups in total. The Hall–Kier alpha value is -2.17. The van der Waals surface area contributed by atoms with Crippen LogP contribution in [0.4, 0.5) is 4.39 Å². The highest BCUT2D eigenvalue weighted by atomic mass is 19.1. The molecular formula is C15H16FN3O. The van der Waals surface area contributed by atoms with E-state index in [1.807, 2.05) is 11.8 Å². The number of likely N-dealkylation sites (tertiary alicyclic amines) is 1. The first-order chi connectivity index (χ1) is 9.66. The highest BCUT2D eigenvalue weighted by Gasteiger charge is 2.23. The lowest BCUT2D eigenvalue weighted by atomic mass is 10.2. The number of hydrogen-bond donors (Lipinski definition) is 0. The van der Waals surface area contributed by atoms with Crippen LogP contribution in [0.2, 0.25) is 0 Å². The summed E-state index contributed by atoms with van der Waals surface area (Å²) in [5.41, 5.74) is 1.96. The van der Waals surface area contributed by atoms with E-state index < -0.39 is 0 Å². The fraction of sp³-hybridized carbons (Fsp3) is 0.333. The third-order valence-corrected chi connectivity index (χ3v) is 3.69. The summed E-state index contributed by atoms with van der Waals surface area (Å²) >= 11 is 0. The lowest BCUT2D eigenvalue weighted by molar-refractivity contribution is 0.0792. The van der Waals surface area contributed by atoms with Gasteiger partial charge in [-0.3, -0.25) is 4.79 Å². The predicted octanol–water partition coefficient (Wildman–Crippen LogP) is 2.56. The van der Waals surface area contributed by atoms with E-state index in [9.17, 15) is 9.18 Å². The number of hydrogen-bond acceptors (Lipinski definition) is 2. The van der Waals surface area contributed by atoms with Crippen LogP contribution in [0.5, 0.6) is 0 Å². The third-order valence-electron chi connectivity index (χ3n) is 3.69. The molecule has 0 saturated carbocycles. The van der Waals surface area contributed by atoms with Gasteiger partial charge in [0.2, 0.25) is 0 Å². The first-order valence-electron chi connectivity index (χ1n) is 6.76. The highest BCUT2D eigenvalue weighted by Crippen LogP contribution is 2.18. The maximum atomic E-state index is 13.3. The van der Waals surface area contributed by atoms with Crippen LogP contribution in [-0.2, 0) is 0 Å². The number of halogens is 1. The van der Waals surface area contributed by atoms with E-state index in [0.717, 1.165) is 31.6 Å². The molecule has 104 valence electrons. The minimum Gasteiger partial charge on any atom is -0.339 e. The molecule has 0 bridgehead atoms. The molecule has 3 rings (SSSR count). The summed E-state index contributed by atoms with van der Waals surface area (Å²) < 4.78 is 14.9. The summed E-state index contributed by atoms with van der Waals surface area (Å²) in [4.78, 5) is 14.2. The van der Waals surface area contributed by atoms with Gasteiger partial charge in [0.25, 0.3) is 5.91 Å². The van der Waals surface area contributed by atoms with Crippen LogP contribution < -0.4 is 0 Å². The maximum absolute atomic E-state index is 13.3. The van der Waals surface area contributed by atoms with Crippen molar-refractivity contribution in [2.24, 2.45) is 0 Å². The lowest BCUT2D eigenvalue weighted by Gasteiger charge is -2.14. The summed E-state index contributed by atoms with van der Waals surface area (Å²) in [5, 5.41) is 4.22. The molecule has 0 spiro atoms. The van der Waals surface area contributed by atoms with Crippen molar-refractivity contribution in [3.8, 4) is 5.69 Å². The van der Waals surface area contributed by atoms with E-state index in [1.165, 1.54) is 12.1 Å². The van der Waals surface area contributed by atoms with Crippen LogP contribution in [0.1, 0.15) is 28.9 Å². The zero-order chi connectivity index (χ0) is 14.1. The van der Waals surface area contributed by atoms with E-state index in [1.54, 1.807) is 23.0 Å². The smallest absolute Gasteiger partial charge is 0.257 e. The summed E-state index contributed by atoms with van der Waals surface area (Å²) in [6, 6.07) is 6.20. The number of nitrogens with zero attached hydrogens (tertiary/aromatic N) is 3. The molecular weight excluding hydrogens is 257 g/mol. The normalized spacial score (nSPS) is 14.8. The van der Waals surface area contributed by atoms with E-state index in [-0.39, 0.29) is 11.7 Å². The van der Waals surface area contributed by atoms with Crippen molar-refractivity contribution in [3.05, 3.63) is 47.5 Å². The van der Waals surface area contributed by atoms with Crippen molar-refractivity contribution in [1.29, 1.82) is 0 Å². The van der Waals surface area contributed by atoms with Crippen LogP contribution in [-0.4, -0.2) is 33.7 Å². The number of benzene rings is 1. The standard InChI is InChI=1S/C15H16FN3O/c1-11-14(15(20)18-7-2-3-8-18)10-17-19(11)13-6-4-5-12(16)9-13/h4-6,9-10H,2-3,7-8H2,1H3. The highest BCUT2D eigenvalue weighted by molar-refractivity contribution is 5.95. The van der Waals surface area contributed by atoms with E-state index in [0.29, 0.717) is 11.3 Å². The van der Waals surface area contributed by atoms with E-state index in [2.05, 4.69) is 5.10 Å². The van der Waals surface area contributed by atoms with Crippen LogP contribution >= 0.6 is 0 Å². The second-order valence-electron chi connectivity index (χ2n) is 5.03. The Kier molecular flexibility index (Phi) is 3.26. The Bertz CT molecular complexity index is 644. The maximum Gasteiger partial charge on any atom is 0.257 e. The van der Waals surface area contributed by atoms with Crippen LogP contribution in [0.3, 0.4) is 0 Å². The van der Waals surface area contributed by atoms with Crippen molar-refractivity contribution >= 4 is 5.91 Å². The Morgan fingerprint density at radius 3 is 2.75 bits per heavy atom.